The van der Waals surface area contributed by atoms with Crippen LogP contribution in [0.15, 0.2) is 58.0 Å². The highest BCUT2D eigenvalue weighted by atomic mass is 79.9. The number of carbonyl (C=O) groups excluding carboxylic acids is 1. The van der Waals surface area contributed by atoms with Crippen LogP contribution < -0.4 is 4.90 Å². The summed E-state index contributed by atoms with van der Waals surface area (Å²) < 4.78 is 1.03. The molecule has 0 unspecified atom stereocenters. The van der Waals surface area contributed by atoms with E-state index in [0.29, 0.717) is 6.54 Å². The van der Waals surface area contributed by atoms with Gasteiger partial charge in [-0.05, 0) is 44.0 Å². The minimum Gasteiger partial charge on any atom is -0.322 e. The molecule has 2 aromatic rings. The third-order valence-corrected chi connectivity index (χ3v) is 5.01. The van der Waals surface area contributed by atoms with E-state index in [-0.39, 0.29) is 5.78 Å². The minimum absolute atomic E-state index is 0.120. The lowest BCUT2D eigenvalue weighted by Gasteiger charge is -2.25. The van der Waals surface area contributed by atoms with Crippen molar-refractivity contribution in [1.82, 2.24) is 0 Å². The molecule has 3 rings (SSSR count). The van der Waals surface area contributed by atoms with Gasteiger partial charge in [-0.2, -0.15) is 0 Å². The average Bonchev–Trinajstić information content (AvgIpc) is 2.90. The second-order valence-corrected chi connectivity index (χ2v) is 7.38. The molecule has 0 aromatic heterocycles. The van der Waals surface area contributed by atoms with Gasteiger partial charge < -0.3 is 4.90 Å². The van der Waals surface area contributed by atoms with Crippen LogP contribution in [0.5, 0.6) is 0 Å². The zero-order valence-electron chi connectivity index (χ0n) is 14.5. The van der Waals surface area contributed by atoms with E-state index < -0.39 is 0 Å². The van der Waals surface area contributed by atoms with E-state index >= 15 is 0 Å². The van der Waals surface area contributed by atoms with Gasteiger partial charge in [-0.3, -0.25) is 9.79 Å². The number of hydrogen-bond donors (Lipinski definition) is 0. The zero-order valence-corrected chi connectivity index (χ0v) is 16.1. The lowest BCUT2D eigenvalue weighted by molar-refractivity contribution is 0.100. The highest BCUT2D eigenvalue weighted by Crippen LogP contribution is 2.22. The summed E-state index contributed by atoms with van der Waals surface area (Å²) in [5.41, 5.74) is 2.93. The second kappa shape index (κ2) is 8.43. The van der Waals surface area contributed by atoms with Gasteiger partial charge in [-0.15, -0.1) is 0 Å². The molecule has 0 saturated heterocycles. The van der Waals surface area contributed by atoms with Gasteiger partial charge >= 0.3 is 0 Å². The van der Waals surface area contributed by atoms with Gasteiger partial charge in [-0.25, -0.2) is 0 Å². The van der Waals surface area contributed by atoms with Crippen molar-refractivity contribution < 1.29 is 4.79 Å². The van der Waals surface area contributed by atoms with Gasteiger partial charge in [-0.1, -0.05) is 52.2 Å². The monoisotopic (exact) mass is 398 g/mol. The summed E-state index contributed by atoms with van der Waals surface area (Å²) >= 11 is 3.48. The number of carbonyl (C=O) groups is 1. The van der Waals surface area contributed by atoms with Crippen LogP contribution in [0.1, 0.15) is 41.6 Å². The molecule has 0 amide bonds. The molecule has 0 atom stereocenters. The lowest BCUT2D eigenvalue weighted by Crippen LogP contribution is -2.36. The third kappa shape index (κ3) is 4.79. The number of amidine groups is 1. The number of nitrogens with zero attached hydrogens (tertiary/aromatic N) is 2. The van der Waals surface area contributed by atoms with E-state index in [0.717, 1.165) is 52.9 Å². The first-order valence-corrected chi connectivity index (χ1v) is 9.59. The molecule has 0 fully saturated rings. The van der Waals surface area contributed by atoms with Crippen molar-refractivity contribution in [3.8, 4) is 0 Å². The van der Waals surface area contributed by atoms with Crippen LogP contribution in [0.2, 0.25) is 0 Å². The van der Waals surface area contributed by atoms with Crippen molar-refractivity contribution in [2.24, 2.45) is 4.99 Å². The minimum atomic E-state index is 0.120. The van der Waals surface area contributed by atoms with Crippen LogP contribution in [-0.4, -0.2) is 24.7 Å². The van der Waals surface area contributed by atoms with E-state index in [4.69, 9.17) is 4.99 Å². The van der Waals surface area contributed by atoms with Crippen molar-refractivity contribution in [3.05, 3.63) is 64.1 Å². The number of Topliss-reactive ketones (excluding diaryl/α,β-unsaturated/α-hetero) is 1. The number of rotatable bonds is 4. The van der Waals surface area contributed by atoms with Crippen LogP contribution in [-0.2, 0) is 0 Å². The molecular weight excluding hydrogens is 376 g/mol. The van der Waals surface area contributed by atoms with E-state index in [9.17, 15) is 4.79 Å². The molecule has 25 heavy (non-hydrogen) atoms. The van der Waals surface area contributed by atoms with E-state index in [1.807, 2.05) is 55.5 Å². The van der Waals surface area contributed by atoms with Crippen LogP contribution in [0.25, 0.3) is 0 Å². The number of halogens is 1. The maximum atomic E-state index is 12.8. The van der Waals surface area contributed by atoms with Crippen LogP contribution >= 0.6 is 15.9 Å². The molecule has 0 radical (unpaired) electrons. The number of aryl methyl sites for hydroxylation is 1. The smallest absolute Gasteiger partial charge is 0.182 e. The van der Waals surface area contributed by atoms with Crippen LogP contribution in [0.4, 0.5) is 5.69 Å². The fourth-order valence-electron chi connectivity index (χ4n) is 3.01. The predicted octanol–water partition coefficient (Wildman–Crippen LogP) is 5.42. The molecule has 2 aromatic carbocycles. The molecule has 0 bridgehead atoms. The Labute approximate surface area is 157 Å². The average molecular weight is 399 g/mol. The van der Waals surface area contributed by atoms with Gasteiger partial charge in [0.05, 0.1) is 6.54 Å². The summed E-state index contributed by atoms with van der Waals surface area (Å²) in [5, 5.41) is 0. The summed E-state index contributed by atoms with van der Waals surface area (Å²) in [6.07, 6.45) is 4.39. The SMILES string of the molecule is Cc1ccc(C(=O)CN(C2=NCCCCC2)c2ccc(Br)cc2)cc1. The molecule has 130 valence electrons. The van der Waals surface area contributed by atoms with Crippen molar-refractivity contribution in [2.75, 3.05) is 18.0 Å². The zero-order chi connectivity index (χ0) is 17.6. The maximum Gasteiger partial charge on any atom is 0.182 e. The van der Waals surface area contributed by atoms with Crippen molar-refractivity contribution >= 4 is 33.2 Å². The number of benzene rings is 2. The Morgan fingerprint density at radius 1 is 1.04 bits per heavy atom. The van der Waals surface area contributed by atoms with Gasteiger partial charge in [0, 0.05) is 28.7 Å². The molecule has 0 aliphatic carbocycles. The number of ketones is 1. The third-order valence-electron chi connectivity index (χ3n) is 4.48. The molecule has 1 aliphatic rings. The molecule has 0 N–H and O–H groups in total. The summed E-state index contributed by atoms with van der Waals surface area (Å²) in [6.45, 7) is 3.20. The summed E-state index contributed by atoms with van der Waals surface area (Å²) in [5.74, 6) is 1.15. The predicted molar refractivity (Wildman–Crippen MR) is 108 cm³/mol. The fraction of sp³-hybridized carbons (Fsp3) is 0.333. The molecule has 4 heteroatoms. The Hall–Kier alpha value is -1.94. The van der Waals surface area contributed by atoms with Gasteiger partial charge in [0.2, 0.25) is 0 Å². The summed E-state index contributed by atoms with van der Waals surface area (Å²) in [6, 6.07) is 15.9. The molecule has 1 heterocycles. The topological polar surface area (TPSA) is 32.7 Å². The fourth-order valence-corrected chi connectivity index (χ4v) is 3.27. The Morgan fingerprint density at radius 2 is 1.76 bits per heavy atom. The molecule has 0 saturated carbocycles. The number of anilines is 1. The lowest BCUT2D eigenvalue weighted by atomic mass is 10.1. The van der Waals surface area contributed by atoms with Gasteiger partial charge in [0.25, 0.3) is 0 Å². The molecule has 3 nitrogen and oxygen atoms in total. The molecular formula is C21H23BrN2O. The van der Waals surface area contributed by atoms with Crippen LogP contribution in [0, 0.1) is 6.92 Å². The quantitative estimate of drug-likeness (QED) is 0.644. The Morgan fingerprint density at radius 3 is 2.48 bits per heavy atom. The first-order chi connectivity index (χ1) is 12.1. The summed E-state index contributed by atoms with van der Waals surface area (Å²) in [4.78, 5) is 19.7. The van der Waals surface area contributed by atoms with E-state index in [2.05, 4.69) is 20.8 Å². The van der Waals surface area contributed by atoms with Crippen molar-refractivity contribution in [1.29, 1.82) is 0 Å². The highest BCUT2D eigenvalue weighted by molar-refractivity contribution is 9.10. The summed E-state index contributed by atoms with van der Waals surface area (Å²) in [7, 11) is 0. The van der Waals surface area contributed by atoms with Crippen molar-refractivity contribution in [2.45, 2.75) is 32.6 Å². The van der Waals surface area contributed by atoms with Gasteiger partial charge in [0.15, 0.2) is 5.78 Å². The maximum absolute atomic E-state index is 12.8. The van der Waals surface area contributed by atoms with E-state index in [1.54, 1.807) is 0 Å². The molecule has 1 aliphatic heterocycles. The first-order valence-electron chi connectivity index (χ1n) is 8.80. The largest absolute Gasteiger partial charge is 0.322 e. The number of aliphatic imine (C=N–C) groups is 1. The van der Waals surface area contributed by atoms with E-state index in [1.165, 1.54) is 6.42 Å². The first kappa shape index (κ1) is 17.9. The Kier molecular flexibility index (Phi) is 6.03. The Bertz CT molecular complexity index is 750. The Balaban J connectivity index is 1.87. The van der Waals surface area contributed by atoms with Crippen LogP contribution in [0.3, 0.4) is 0 Å². The van der Waals surface area contributed by atoms with Crippen molar-refractivity contribution in [3.63, 3.8) is 0 Å². The van der Waals surface area contributed by atoms with Gasteiger partial charge in [0.1, 0.15) is 5.84 Å². The standard InChI is InChI=1S/C21H23BrN2O/c1-16-6-8-17(9-7-16)20(25)15-24(19-12-10-18(22)11-13-19)21-5-3-2-4-14-23-21/h6-13H,2-5,14-15H2,1H3. The molecule has 0 spiro atoms. The second-order valence-electron chi connectivity index (χ2n) is 6.46. The number of hydrogen-bond acceptors (Lipinski definition) is 3. The highest BCUT2D eigenvalue weighted by Gasteiger charge is 2.19. The normalized spacial score (nSPS) is 14.6.